The maximum absolute atomic E-state index is 13.0. The van der Waals surface area contributed by atoms with Crippen LogP contribution in [0.3, 0.4) is 0 Å². The summed E-state index contributed by atoms with van der Waals surface area (Å²) in [6, 6.07) is 3.94. The van der Waals surface area contributed by atoms with Crippen LogP contribution in [0.4, 0.5) is 0 Å². The van der Waals surface area contributed by atoms with Gasteiger partial charge >= 0.3 is 11.9 Å². The van der Waals surface area contributed by atoms with Gasteiger partial charge in [0, 0.05) is 19.3 Å². The molecule has 0 amide bonds. The summed E-state index contributed by atoms with van der Waals surface area (Å²) in [6.45, 7) is 4.80. The Balaban J connectivity index is 1.66. The number of Topliss-reactive ketones (excluding diaryl/α,β-unsaturated/α-hetero) is 1. The van der Waals surface area contributed by atoms with E-state index in [1.165, 1.54) is 25.0 Å². The predicted molar refractivity (Wildman–Crippen MR) is 105 cm³/mol. The number of carbonyl (C=O) groups is 3. The van der Waals surface area contributed by atoms with E-state index in [4.69, 9.17) is 14.2 Å². The molecule has 29 heavy (non-hydrogen) atoms. The molecule has 0 radical (unpaired) electrons. The lowest BCUT2D eigenvalue weighted by atomic mass is 9.55. The van der Waals surface area contributed by atoms with Crippen LogP contribution in [0.5, 0.6) is 11.5 Å². The molecular weight excluding hydrogens is 372 g/mol. The normalized spacial score (nSPS) is 32.6. The third kappa shape index (κ3) is 3.22. The van der Waals surface area contributed by atoms with Crippen LogP contribution in [-0.2, 0) is 25.5 Å². The highest BCUT2D eigenvalue weighted by molar-refractivity contribution is 5.93. The van der Waals surface area contributed by atoms with Gasteiger partial charge in [0.15, 0.2) is 23.4 Å². The van der Waals surface area contributed by atoms with E-state index in [0.717, 1.165) is 25.7 Å². The molecule has 5 atom stereocenters. The van der Waals surface area contributed by atoms with E-state index < -0.39 is 11.5 Å². The van der Waals surface area contributed by atoms with Gasteiger partial charge in [-0.1, -0.05) is 6.92 Å². The van der Waals surface area contributed by atoms with Crippen molar-refractivity contribution in [3.05, 3.63) is 23.3 Å². The Bertz CT molecular complexity index is 874. The molecule has 1 aromatic rings. The molecule has 0 spiro atoms. The minimum Gasteiger partial charge on any atom is -0.493 e. The Kier molecular flexibility index (Phi) is 4.91. The number of hydrogen-bond acceptors (Lipinski definition) is 6. The summed E-state index contributed by atoms with van der Waals surface area (Å²) in [5.74, 6) is 1.27. The number of fused-ring (bicyclic) bond motifs is 5. The highest BCUT2D eigenvalue weighted by Crippen LogP contribution is 2.60. The molecule has 6 heteroatoms. The summed E-state index contributed by atoms with van der Waals surface area (Å²) in [5.41, 5.74) is 2.01. The van der Waals surface area contributed by atoms with Crippen LogP contribution in [-0.4, -0.2) is 30.9 Å². The van der Waals surface area contributed by atoms with E-state index in [-0.39, 0.29) is 23.6 Å². The molecule has 1 unspecified atom stereocenters. The molecule has 2 fully saturated rings. The second-order valence-corrected chi connectivity index (χ2v) is 8.87. The maximum Gasteiger partial charge on any atom is 0.308 e. The first-order valence-electron chi connectivity index (χ1n) is 10.4. The van der Waals surface area contributed by atoms with Crippen molar-refractivity contribution < 1.29 is 28.6 Å². The van der Waals surface area contributed by atoms with Gasteiger partial charge in [0.2, 0.25) is 0 Å². The van der Waals surface area contributed by atoms with Crippen LogP contribution >= 0.6 is 0 Å². The van der Waals surface area contributed by atoms with Crippen LogP contribution in [0.2, 0.25) is 0 Å². The minimum atomic E-state index is -0.608. The van der Waals surface area contributed by atoms with Gasteiger partial charge in [-0.15, -0.1) is 0 Å². The summed E-state index contributed by atoms with van der Waals surface area (Å²) in [5, 5.41) is 0. The molecule has 3 aliphatic rings. The SMILES string of the molecule is COc1cc2c(cc1OC(C)=O)CC[C@@H]1[C@@H]2CC[C@]2(C)C(=O)C(OC(C)=O)C[C@@H]12. The largest absolute Gasteiger partial charge is 0.493 e. The Morgan fingerprint density at radius 1 is 1.10 bits per heavy atom. The molecule has 6 nitrogen and oxygen atoms in total. The molecule has 3 aliphatic carbocycles. The van der Waals surface area contributed by atoms with Gasteiger partial charge in [0.25, 0.3) is 0 Å². The number of hydrogen-bond donors (Lipinski definition) is 0. The number of carbonyl (C=O) groups excluding carboxylic acids is 3. The number of methoxy groups -OCH3 is 1. The van der Waals surface area contributed by atoms with Gasteiger partial charge < -0.3 is 14.2 Å². The number of aryl methyl sites for hydroxylation is 1. The highest BCUT2D eigenvalue weighted by atomic mass is 16.6. The van der Waals surface area contributed by atoms with Crippen molar-refractivity contribution in [1.29, 1.82) is 0 Å². The smallest absolute Gasteiger partial charge is 0.308 e. The second kappa shape index (κ2) is 7.15. The van der Waals surface area contributed by atoms with Crippen molar-refractivity contribution in [3.63, 3.8) is 0 Å². The zero-order valence-corrected chi connectivity index (χ0v) is 17.4. The standard InChI is InChI=1S/C23H28O6/c1-12(24)28-20-9-14-5-6-16-15(17(14)10-19(20)27-4)7-8-23(3)18(16)11-21(22(23)26)29-13(2)25/h9-10,15-16,18,21H,5-8,11H2,1-4H3/t15-,16+,18-,21?,23-/m0/s1. The first kappa shape index (κ1) is 19.9. The zero-order chi connectivity index (χ0) is 20.9. The summed E-state index contributed by atoms with van der Waals surface area (Å²) in [6.07, 6.45) is 3.57. The lowest BCUT2D eigenvalue weighted by Gasteiger charge is -2.48. The third-order valence-electron chi connectivity index (χ3n) is 7.28. The van der Waals surface area contributed by atoms with Gasteiger partial charge in [-0.05, 0) is 73.1 Å². The van der Waals surface area contributed by atoms with E-state index in [1.54, 1.807) is 7.11 Å². The lowest BCUT2D eigenvalue weighted by Crippen LogP contribution is -2.43. The van der Waals surface area contributed by atoms with Crippen molar-refractivity contribution in [3.8, 4) is 11.5 Å². The van der Waals surface area contributed by atoms with Gasteiger partial charge in [0.1, 0.15) is 0 Å². The van der Waals surface area contributed by atoms with Crippen LogP contribution < -0.4 is 9.47 Å². The molecule has 0 N–H and O–H groups in total. The number of rotatable bonds is 3. The summed E-state index contributed by atoms with van der Waals surface area (Å²) < 4.78 is 16.2. The summed E-state index contributed by atoms with van der Waals surface area (Å²) >= 11 is 0. The highest BCUT2D eigenvalue weighted by Gasteiger charge is 2.59. The van der Waals surface area contributed by atoms with Crippen LogP contribution in [0.1, 0.15) is 63.5 Å². The minimum absolute atomic E-state index is 0.0877. The van der Waals surface area contributed by atoms with Gasteiger partial charge in [-0.3, -0.25) is 14.4 Å². The average Bonchev–Trinajstić information content (AvgIpc) is 2.91. The number of ether oxygens (including phenoxy) is 3. The van der Waals surface area contributed by atoms with Crippen LogP contribution in [0.15, 0.2) is 12.1 Å². The topological polar surface area (TPSA) is 78.9 Å². The van der Waals surface area contributed by atoms with E-state index >= 15 is 0 Å². The predicted octanol–water partition coefficient (Wildman–Crippen LogP) is 3.59. The Morgan fingerprint density at radius 3 is 2.52 bits per heavy atom. The van der Waals surface area contributed by atoms with Crippen molar-refractivity contribution in [2.24, 2.45) is 17.3 Å². The fraction of sp³-hybridized carbons (Fsp3) is 0.609. The van der Waals surface area contributed by atoms with Crippen molar-refractivity contribution >= 4 is 17.7 Å². The van der Waals surface area contributed by atoms with Crippen molar-refractivity contribution in [2.75, 3.05) is 7.11 Å². The lowest BCUT2D eigenvalue weighted by molar-refractivity contribution is -0.153. The fourth-order valence-corrected chi connectivity index (χ4v) is 6.04. The van der Waals surface area contributed by atoms with Gasteiger partial charge in [-0.2, -0.15) is 0 Å². The van der Waals surface area contributed by atoms with Crippen LogP contribution in [0.25, 0.3) is 0 Å². The molecule has 0 aromatic heterocycles. The number of ketones is 1. The summed E-state index contributed by atoms with van der Waals surface area (Å²) in [4.78, 5) is 35.9. The molecule has 156 valence electrons. The molecule has 0 heterocycles. The second-order valence-electron chi connectivity index (χ2n) is 8.87. The molecule has 0 bridgehead atoms. The molecule has 4 rings (SSSR count). The third-order valence-corrected chi connectivity index (χ3v) is 7.28. The first-order valence-corrected chi connectivity index (χ1v) is 10.4. The van der Waals surface area contributed by atoms with Gasteiger partial charge in [0.05, 0.1) is 7.11 Å². The van der Waals surface area contributed by atoms with Gasteiger partial charge in [-0.25, -0.2) is 0 Å². The van der Waals surface area contributed by atoms with Crippen molar-refractivity contribution in [1.82, 2.24) is 0 Å². The first-order chi connectivity index (χ1) is 13.7. The Hall–Kier alpha value is -2.37. The average molecular weight is 400 g/mol. The molecule has 0 saturated heterocycles. The molecule has 1 aromatic carbocycles. The number of benzene rings is 1. The molecule has 2 saturated carbocycles. The van der Waals surface area contributed by atoms with Crippen LogP contribution in [0, 0.1) is 17.3 Å². The Labute approximate surface area is 170 Å². The fourth-order valence-electron chi connectivity index (χ4n) is 6.04. The quantitative estimate of drug-likeness (QED) is 0.570. The monoisotopic (exact) mass is 400 g/mol. The maximum atomic E-state index is 13.0. The molecule has 0 aliphatic heterocycles. The Morgan fingerprint density at radius 2 is 1.86 bits per heavy atom. The van der Waals surface area contributed by atoms with E-state index in [2.05, 4.69) is 6.92 Å². The summed E-state index contributed by atoms with van der Waals surface area (Å²) in [7, 11) is 1.58. The molecular formula is C23H28O6. The van der Waals surface area contributed by atoms with E-state index in [9.17, 15) is 14.4 Å². The van der Waals surface area contributed by atoms with E-state index in [1.807, 2.05) is 12.1 Å². The van der Waals surface area contributed by atoms with Crippen molar-refractivity contribution in [2.45, 2.75) is 64.9 Å². The van der Waals surface area contributed by atoms with E-state index in [0.29, 0.717) is 29.8 Å². The zero-order valence-electron chi connectivity index (χ0n) is 17.4. The number of esters is 2.